The normalized spacial score (nSPS) is 15.5. The van der Waals surface area contributed by atoms with Crippen LogP contribution in [-0.4, -0.2) is 10.5 Å². The number of nitrogens with one attached hydrogen (secondary N) is 1. The summed E-state index contributed by atoms with van der Waals surface area (Å²) in [6.07, 6.45) is 2.89. The first kappa shape index (κ1) is 13.2. The second-order valence-electron chi connectivity index (χ2n) is 5.69. The number of nitrogens with two attached hydrogens (primary N) is 1. The van der Waals surface area contributed by atoms with E-state index >= 15 is 0 Å². The predicted octanol–water partition coefficient (Wildman–Crippen LogP) is 1.93. The highest BCUT2D eigenvalue weighted by Gasteiger charge is 2.18. The largest absolute Gasteiger partial charge is 0.369 e. The highest BCUT2D eigenvalue weighted by atomic mass is 16.1. The van der Waals surface area contributed by atoms with Gasteiger partial charge in [-0.05, 0) is 42.2 Å². The summed E-state index contributed by atoms with van der Waals surface area (Å²) in [5.41, 5.74) is 10.7. The number of carbonyl (C=O) groups excluding carboxylic acids is 1. The van der Waals surface area contributed by atoms with E-state index in [-0.39, 0.29) is 11.8 Å². The third kappa shape index (κ3) is 2.10. The number of rotatable bonds is 4. The van der Waals surface area contributed by atoms with Crippen LogP contribution >= 0.6 is 0 Å². The van der Waals surface area contributed by atoms with Crippen LogP contribution in [0.1, 0.15) is 30.5 Å². The number of amides is 1. The molecule has 0 bridgehead atoms. The lowest BCUT2D eigenvalue weighted by Crippen LogP contribution is -2.22. The van der Waals surface area contributed by atoms with Crippen LogP contribution in [0.5, 0.6) is 0 Å². The molecule has 3 N–H and O–H groups in total. The average Bonchev–Trinajstić information content (AvgIpc) is 3.00. The van der Waals surface area contributed by atoms with E-state index in [0.717, 1.165) is 19.6 Å². The third-order valence-corrected chi connectivity index (χ3v) is 4.27. The monoisotopic (exact) mass is 271 g/mol. The van der Waals surface area contributed by atoms with E-state index < -0.39 is 0 Å². The van der Waals surface area contributed by atoms with Crippen LogP contribution < -0.4 is 11.1 Å². The Kier molecular flexibility index (Phi) is 3.26. The molecule has 1 aliphatic heterocycles. The van der Waals surface area contributed by atoms with Gasteiger partial charge in [-0.25, -0.2) is 0 Å². The fraction of sp³-hybridized carbons (Fsp3) is 0.438. The van der Waals surface area contributed by atoms with Crippen molar-refractivity contribution >= 4 is 16.8 Å². The Hall–Kier alpha value is -1.81. The molecule has 0 spiro atoms. The van der Waals surface area contributed by atoms with Gasteiger partial charge in [0.2, 0.25) is 5.91 Å². The minimum atomic E-state index is -0.231. The highest BCUT2D eigenvalue weighted by molar-refractivity contribution is 5.87. The number of hydrogen-bond donors (Lipinski definition) is 2. The second kappa shape index (κ2) is 4.94. The van der Waals surface area contributed by atoms with Crippen molar-refractivity contribution < 1.29 is 4.79 Å². The number of hydrogen-bond acceptors (Lipinski definition) is 2. The van der Waals surface area contributed by atoms with Gasteiger partial charge in [-0.1, -0.05) is 6.92 Å². The van der Waals surface area contributed by atoms with Gasteiger partial charge in [0.25, 0.3) is 0 Å². The summed E-state index contributed by atoms with van der Waals surface area (Å²) in [4.78, 5) is 11.3. The third-order valence-electron chi connectivity index (χ3n) is 4.27. The lowest BCUT2D eigenvalue weighted by atomic mass is 9.98. The summed E-state index contributed by atoms with van der Waals surface area (Å²) in [5.74, 6) is -0.359. The Morgan fingerprint density at radius 1 is 1.40 bits per heavy atom. The predicted molar refractivity (Wildman–Crippen MR) is 80.2 cm³/mol. The number of benzene rings is 1. The molecular weight excluding hydrogens is 250 g/mol. The van der Waals surface area contributed by atoms with Gasteiger partial charge in [-0.2, -0.15) is 0 Å². The SMILES string of the molecule is CCn1cc(CC(C)C(N)=O)c2cc3c(cc21)CNC3. The Balaban J connectivity index is 2.10. The molecular formula is C16H21N3O. The minimum absolute atomic E-state index is 0.128. The van der Waals surface area contributed by atoms with Gasteiger partial charge >= 0.3 is 0 Å². The molecule has 0 saturated carbocycles. The molecule has 1 aromatic carbocycles. The van der Waals surface area contributed by atoms with E-state index in [1.807, 2.05) is 6.92 Å². The zero-order chi connectivity index (χ0) is 14.3. The summed E-state index contributed by atoms with van der Waals surface area (Å²) in [5, 5.41) is 4.65. The quantitative estimate of drug-likeness (QED) is 0.892. The average molecular weight is 271 g/mol. The summed E-state index contributed by atoms with van der Waals surface area (Å²) in [6.45, 7) is 6.87. The molecule has 1 atom stereocenters. The van der Waals surface area contributed by atoms with Crippen LogP contribution in [0.15, 0.2) is 18.3 Å². The van der Waals surface area contributed by atoms with Crippen LogP contribution in [0.25, 0.3) is 10.9 Å². The van der Waals surface area contributed by atoms with Gasteiger partial charge in [-0.3, -0.25) is 4.79 Å². The van der Waals surface area contributed by atoms with E-state index in [0.29, 0.717) is 6.42 Å². The van der Waals surface area contributed by atoms with Gasteiger partial charge in [0.1, 0.15) is 0 Å². The molecule has 4 nitrogen and oxygen atoms in total. The van der Waals surface area contributed by atoms with Crippen LogP contribution in [0.4, 0.5) is 0 Å². The van der Waals surface area contributed by atoms with E-state index in [2.05, 4.69) is 35.1 Å². The Morgan fingerprint density at radius 3 is 2.75 bits per heavy atom. The molecule has 4 heteroatoms. The zero-order valence-electron chi connectivity index (χ0n) is 12.1. The maximum absolute atomic E-state index is 11.3. The zero-order valence-corrected chi connectivity index (χ0v) is 12.1. The topological polar surface area (TPSA) is 60.0 Å². The molecule has 0 aliphatic carbocycles. The first-order valence-electron chi connectivity index (χ1n) is 7.23. The molecule has 0 radical (unpaired) electrons. The molecule has 3 rings (SSSR count). The Bertz CT molecular complexity index is 672. The number of aryl methyl sites for hydroxylation is 1. The molecule has 0 saturated heterocycles. The van der Waals surface area contributed by atoms with Gasteiger partial charge < -0.3 is 15.6 Å². The molecule has 1 aromatic heterocycles. The molecule has 1 amide bonds. The maximum Gasteiger partial charge on any atom is 0.220 e. The van der Waals surface area contributed by atoms with E-state index in [4.69, 9.17) is 5.73 Å². The van der Waals surface area contributed by atoms with Crippen molar-refractivity contribution in [1.82, 2.24) is 9.88 Å². The smallest absolute Gasteiger partial charge is 0.220 e. The van der Waals surface area contributed by atoms with Crippen LogP contribution in [0.2, 0.25) is 0 Å². The van der Waals surface area contributed by atoms with Gasteiger partial charge in [0, 0.05) is 42.7 Å². The highest BCUT2D eigenvalue weighted by Crippen LogP contribution is 2.29. The number of nitrogens with zero attached hydrogens (tertiary/aromatic N) is 1. The number of fused-ring (bicyclic) bond motifs is 2. The first-order valence-corrected chi connectivity index (χ1v) is 7.23. The van der Waals surface area contributed by atoms with Crippen molar-refractivity contribution in [2.45, 2.75) is 39.9 Å². The van der Waals surface area contributed by atoms with E-state index in [9.17, 15) is 4.79 Å². The van der Waals surface area contributed by atoms with Crippen LogP contribution in [0.3, 0.4) is 0 Å². The van der Waals surface area contributed by atoms with Gasteiger partial charge in [0.15, 0.2) is 0 Å². The second-order valence-corrected chi connectivity index (χ2v) is 5.69. The van der Waals surface area contributed by atoms with Crippen LogP contribution in [0, 0.1) is 5.92 Å². The van der Waals surface area contributed by atoms with Crippen LogP contribution in [-0.2, 0) is 30.8 Å². The van der Waals surface area contributed by atoms with Crippen molar-refractivity contribution in [3.63, 3.8) is 0 Å². The van der Waals surface area contributed by atoms with Crippen molar-refractivity contribution in [3.8, 4) is 0 Å². The molecule has 2 aromatic rings. The molecule has 106 valence electrons. The summed E-state index contributed by atoms with van der Waals surface area (Å²) >= 11 is 0. The minimum Gasteiger partial charge on any atom is -0.369 e. The molecule has 20 heavy (non-hydrogen) atoms. The van der Waals surface area contributed by atoms with Gasteiger partial charge in [0.05, 0.1) is 0 Å². The first-order chi connectivity index (χ1) is 9.60. The lowest BCUT2D eigenvalue weighted by molar-refractivity contribution is -0.121. The lowest BCUT2D eigenvalue weighted by Gasteiger charge is -2.06. The number of aromatic nitrogens is 1. The molecule has 2 heterocycles. The fourth-order valence-corrected chi connectivity index (χ4v) is 3.01. The van der Waals surface area contributed by atoms with Crippen molar-refractivity contribution in [2.75, 3.05) is 0 Å². The van der Waals surface area contributed by atoms with Gasteiger partial charge in [-0.15, -0.1) is 0 Å². The number of carbonyl (C=O) groups is 1. The molecule has 1 unspecified atom stereocenters. The number of primary amides is 1. The Labute approximate surface area is 118 Å². The maximum atomic E-state index is 11.3. The summed E-state index contributed by atoms with van der Waals surface area (Å²) < 4.78 is 2.26. The van der Waals surface area contributed by atoms with E-state index in [1.54, 1.807) is 0 Å². The summed E-state index contributed by atoms with van der Waals surface area (Å²) in [7, 11) is 0. The van der Waals surface area contributed by atoms with Crippen molar-refractivity contribution in [1.29, 1.82) is 0 Å². The van der Waals surface area contributed by atoms with Crippen molar-refractivity contribution in [2.24, 2.45) is 11.7 Å². The van der Waals surface area contributed by atoms with Crippen molar-refractivity contribution in [3.05, 3.63) is 35.0 Å². The Morgan fingerprint density at radius 2 is 2.10 bits per heavy atom. The fourth-order valence-electron chi connectivity index (χ4n) is 3.01. The summed E-state index contributed by atoms with van der Waals surface area (Å²) in [6, 6.07) is 4.56. The molecule has 0 fully saturated rings. The van der Waals surface area contributed by atoms with E-state index in [1.165, 1.54) is 27.6 Å². The standard InChI is InChI=1S/C16H21N3O/c1-3-19-9-13(4-10(2)16(17)20)14-5-11-7-18-8-12(11)6-15(14)19/h5-6,9-10,18H,3-4,7-8H2,1-2H3,(H2,17,20). The molecule has 1 aliphatic rings.